The van der Waals surface area contributed by atoms with Crippen LogP contribution in [0.25, 0.3) is 5.65 Å². The Hall–Kier alpha value is -3.95. The molecule has 3 N–H and O–H groups in total. The Morgan fingerprint density at radius 2 is 1.96 bits per heavy atom. The minimum atomic E-state index is -0.845. The quantitative estimate of drug-likeness (QED) is 0.357. The number of carbonyl (C=O) groups excluding carboxylic acids is 1. The zero-order valence-electron chi connectivity index (χ0n) is 13.2. The van der Waals surface area contributed by atoms with Gasteiger partial charge >= 0.3 is 11.2 Å². The largest absolute Gasteiger partial charge is 0.508 e. The second-order valence-corrected chi connectivity index (χ2v) is 5.25. The van der Waals surface area contributed by atoms with E-state index in [1.165, 1.54) is 36.5 Å². The minimum absolute atomic E-state index is 0.0533. The van der Waals surface area contributed by atoms with Gasteiger partial charge in [-0.05, 0) is 36.4 Å². The van der Waals surface area contributed by atoms with Crippen molar-refractivity contribution in [3.63, 3.8) is 0 Å². The first-order valence-electron chi connectivity index (χ1n) is 7.44. The van der Waals surface area contributed by atoms with Gasteiger partial charge in [-0.2, -0.15) is 0 Å². The van der Waals surface area contributed by atoms with Crippen LogP contribution < -0.4 is 16.2 Å². The third-order valence-corrected chi connectivity index (χ3v) is 3.46. The molecule has 0 aliphatic carbocycles. The van der Waals surface area contributed by atoms with Crippen molar-refractivity contribution in [1.82, 2.24) is 9.38 Å². The summed E-state index contributed by atoms with van der Waals surface area (Å²) in [5.74, 6) is -0.732. The molecule has 0 aliphatic rings. The number of nitrogens with one attached hydrogen (secondary N) is 2. The van der Waals surface area contributed by atoms with Gasteiger partial charge in [-0.15, -0.1) is 0 Å². The minimum Gasteiger partial charge on any atom is -0.508 e. The summed E-state index contributed by atoms with van der Waals surface area (Å²) in [5, 5.41) is 25.5. The number of benzene rings is 1. The van der Waals surface area contributed by atoms with Crippen LogP contribution >= 0.6 is 0 Å². The standard InChI is InChI=1S/C16H13N5O5/c22-11-6-4-10(5-7-11)18-13(23)9-17-15-14(21(25)26)16(24)20-8-2-1-3-12(20)19-15/h1-8,17,22H,9H2,(H,18,23). The van der Waals surface area contributed by atoms with Crippen LogP contribution in [0, 0.1) is 10.1 Å². The zero-order valence-corrected chi connectivity index (χ0v) is 13.2. The molecule has 0 unspecified atom stereocenters. The average molecular weight is 355 g/mol. The maximum absolute atomic E-state index is 12.3. The Labute approximate surface area is 145 Å². The molecule has 1 aromatic carbocycles. The van der Waals surface area contributed by atoms with Crippen molar-refractivity contribution < 1.29 is 14.8 Å². The molecular formula is C16H13N5O5. The molecule has 0 atom stereocenters. The van der Waals surface area contributed by atoms with Gasteiger partial charge in [-0.3, -0.25) is 24.1 Å². The van der Waals surface area contributed by atoms with Gasteiger partial charge in [0.2, 0.25) is 11.7 Å². The predicted octanol–water partition coefficient (Wildman–Crippen LogP) is 1.36. The number of aromatic nitrogens is 2. The summed E-state index contributed by atoms with van der Waals surface area (Å²) < 4.78 is 1.06. The van der Waals surface area contributed by atoms with E-state index in [4.69, 9.17) is 0 Å². The number of carbonyl (C=O) groups is 1. The molecule has 0 spiro atoms. The Balaban J connectivity index is 1.82. The summed E-state index contributed by atoms with van der Waals surface area (Å²) in [6.45, 7) is -0.336. The van der Waals surface area contributed by atoms with Crippen LogP contribution in [-0.2, 0) is 4.79 Å². The normalized spacial score (nSPS) is 10.5. The fourth-order valence-electron chi connectivity index (χ4n) is 2.28. The molecule has 0 fully saturated rings. The van der Waals surface area contributed by atoms with Crippen LogP contribution in [0.15, 0.2) is 53.5 Å². The lowest BCUT2D eigenvalue weighted by Crippen LogP contribution is -2.25. The first-order valence-corrected chi connectivity index (χ1v) is 7.44. The summed E-state index contributed by atoms with van der Waals surface area (Å²) in [5.41, 5.74) is -0.937. The van der Waals surface area contributed by atoms with E-state index in [0.29, 0.717) is 5.69 Å². The van der Waals surface area contributed by atoms with E-state index >= 15 is 0 Å². The molecule has 0 aliphatic heterocycles. The molecule has 3 aromatic rings. The fraction of sp³-hybridized carbons (Fsp3) is 0.0625. The second-order valence-electron chi connectivity index (χ2n) is 5.25. The summed E-state index contributed by atoms with van der Waals surface area (Å²) in [4.78, 5) is 38.7. The van der Waals surface area contributed by atoms with Gasteiger partial charge in [0.05, 0.1) is 11.5 Å². The number of phenolic OH excluding ortho intramolecular Hbond substituents is 1. The molecule has 0 saturated carbocycles. The van der Waals surface area contributed by atoms with Crippen molar-refractivity contribution in [2.75, 3.05) is 17.2 Å². The number of amides is 1. The highest BCUT2D eigenvalue weighted by Crippen LogP contribution is 2.18. The molecule has 2 aromatic heterocycles. The first kappa shape index (κ1) is 16.9. The maximum Gasteiger partial charge on any atom is 0.376 e. The van der Waals surface area contributed by atoms with Gasteiger partial charge in [0.1, 0.15) is 11.4 Å². The third kappa shape index (κ3) is 3.43. The van der Waals surface area contributed by atoms with E-state index in [2.05, 4.69) is 15.6 Å². The second kappa shape index (κ2) is 6.89. The predicted molar refractivity (Wildman–Crippen MR) is 93.3 cm³/mol. The number of nitrogens with zero attached hydrogens (tertiary/aromatic N) is 3. The van der Waals surface area contributed by atoms with E-state index in [-0.39, 0.29) is 23.8 Å². The topological polar surface area (TPSA) is 139 Å². The van der Waals surface area contributed by atoms with Crippen molar-refractivity contribution in [1.29, 1.82) is 0 Å². The van der Waals surface area contributed by atoms with Crippen molar-refractivity contribution in [2.45, 2.75) is 0 Å². The van der Waals surface area contributed by atoms with Gasteiger partial charge in [0.25, 0.3) is 0 Å². The lowest BCUT2D eigenvalue weighted by Gasteiger charge is -2.09. The summed E-state index contributed by atoms with van der Waals surface area (Å²) >= 11 is 0. The Morgan fingerprint density at radius 3 is 2.65 bits per heavy atom. The fourth-order valence-corrected chi connectivity index (χ4v) is 2.28. The SMILES string of the molecule is O=C(CNc1nc2ccccn2c(=O)c1[N+](=O)[O-])Nc1ccc(O)cc1. The van der Waals surface area contributed by atoms with Crippen molar-refractivity contribution in [3.05, 3.63) is 69.1 Å². The van der Waals surface area contributed by atoms with Crippen LogP contribution in [0.3, 0.4) is 0 Å². The molecule has 26 heavy (non-hydrogen) atoms. The first-order chi connectivity index (χ1) is 12.5. The van der Waals surface area contributed by atoms with Crippen LogP contribution in [0.5, 0.6) is 5.75 Å². The van der Waals surface area contributed by atoms with E-state index < -0.39 is 22.1 Å². The van der Waals surface area contributed by atoms with Gasteiger partial charge in [-0.25, -0.2) is 4.98 Å². The van der Waals surface area contributed by atoms with Gasteiger partial charge in [0, 0.05) is 11.9 Å². The lowest BCUT2D eigenvalue weighted by atomic mass is 10.3. The van der Waals surface area contributed by atoms with Crippen LogP contribution in [0.4, 0.5) is 17.2 Å². The highest BCUT2D eigenvalue weighted by Gasteiger charge is 2.23. The molecule has 0 bridgehead atoms. The highest BCUT2D eigenvalue weighted by atomic mass is 16.6. The average Bonchev–Trinajstić information content (AvgIpc) is 2.61. The number of nitro groups is 1. The molecule has 2 heterocycles. The molecule has 10 heteroatoms. The Morgan fingerprint density at radius 1 is 1.23 bits per heavy atom. The molecule has 1 amide bonds. The van der Waals surface area contributed by atoms with Crippen molar-refractivity contribution >= 4 is 28.7 Å². The van der Waals surface area contributed by atoms with Crippen LogP contribution in [0.1, 0.15) is 0 Å². The number of aromatic hydroxyl groups is 1. The van der Waals surface area contributed by atoms with Crippen LogP contribution in [-0.4, -0.2) is 31.9 Å². The Kier molecular flexibility index (Phi) is 4.48. The number of fused-ring (bicyclic) bond motifs is 1. The van der Waals surface area contributed by atoms with E-state index in [0.717, 1.165) is 4.40 Å². The third-order valence-electron chi connectivity index (χ3n) is 3.46. The lowest BCUT2D eigenvalue weighted by molar-refractivity contribution is -0.385. The monoisotopic (exact) mass is 355 g/mol. The highest BCUT2D eigenvalue weighted by molar-refractivity contribution is 5.93. The molecule has 0 radical (unpaired) electrons. The summed E-state index contributed by atoms with van der Waals surface area (Å²) in [6.07, 6.45) is 1.37. The molecule has 0 saturated heterocycles. The smallest absolute Gasteiger partial charge is 0.376 e. The number of pyridine rings is 1. The number of hydrogen-bond donors (Lipinski definition) is 3. The van der Waals surface area contributed by atoms with Gasteiger partial charge in [-0.1, -0.05) is 6.07 Å². The zero-order chi connectivity index (χ0) is 18.7. The molecule has 132 valence electrons. The molecule has 3 rings (SSSR count). The van der Waals surface area contributed by atoms with Crippen molar-refractivity contribution in [3.8, 4) is 5.75 Å². The van der Waals surface area contributed by atoms with Crippen LogP contribution in [0.2, 0.25) is 0 Å². The van der Waals surface area contributed by atoms with E-state index in [1.54, 1.807) is 12.1 Å². The van der Waals surface area contributed by atoms with E-state index in [1.807, 2.05) is 0 Å². The van der Waals surface area contributed by atoms with Crippen molar-refractivity contribution in [2.24, 2.45) is 0 Å². The summed E-state index contributed by atoms with van der Waals surface area (Å²) in [7, 11) is 0. The number of rotatable bonds is 5. The summed E-state index contributed by atoms with van der Waals surface area (Å²) in [6, 6.07) is 10.5. The molecule has 10 nitrogen and oxygen atoms in total. The molecular weight excluding hydrogens is 342 g/mol. The number of phenols is 1. The Bertz CT molecular complexity index is 1050. The van der Waals surface area contributed by atoms with Gasteiger partial charge in [0.15, 0.2) is 0 Å². The maximum atomic E-state index is 12.3. The van der Waals surface area contributed by atoms with E-state index in [9.17, 15) is 24.8 Å². The number of anilines is 2. The van der Waals surface area contributed by atoms with Gasteiger partial charge < -0.3 is 15.7 Å². The number of hydrogen-bond acceptors (Lipinski definition) is 7.